The molecule has 3 nitrogen and oxygen atoms in total. The maximum atomic E-state index is 12.1. The summed E-state index contributed by atoms with van der Waals surface area (Å²) in [6.45, 7) is 2.37. The van der Waals surface area contributed by atoms with Crippen molar-refractivity contribution in [2.45, 2.75) is 6.92 Å². The molecular weight excluding hydrogens is 329 g/mol. The van der Waals surface area contributed by atoms with Crippen molar-refractivity contribution in [1.82, 2.24) is 0 Å². The molecule has 1 aromatic carbocycles. The summed E-state index contributed by atoms with van der Waals surface area (Å²) in [6, 6.07) is 3.02. The highest BCUT2D eigenvalue weighted by Crippen LogP contribution is 2.33. The quantitative estimate of drug-likeness (QED) is 0.802. The normalized spacial score (nSPS) is 15.2. The van der Waals surface area contributed by atoms with Gasteiger partial charge in [-0.25, -0.2) is 0 Å². The predicted molar refractivity (Wildman–Crippen MR) is 81.2 cm³/mol. The lowest BCUT2D eigenvalue weighted by molar-refractivity contribution is -0.112. The summed E-state index contributed by atoms with van der Waals surface area (Å²) < 4.78 is 5.34. The molecule has 1 N–H and O–H groups in total. The van der Waals surface area contributed by atoms with E-state index in [9.17, 15) is 4.79 Å². The van der Waals surface area contributed by atoms with E-state index in [1.54, 1.807) is 6.92 Å². The Morgan fingerprint density at radius 1 is 1.26 bits per heavy atom. The van der Waals surface area contributed by atoms with Gasteiger partial charge in [-0.15, -0.1) is 11.8 Å². The number of benzene rings is 1. The zero-order valence-electron chi connectivity index (χ0n) is 9.93. The Balaban J connectivity index is 2.22. The second kappa shape index (κ2) is 6.27. The first-order valence-corrected chi connectivity index (χ1v) is 7.53. The van der Waals surface area contributed by atoms with Crippen LogP contribution in [0.1, 0.15) is 6.92 Å². The third-order valence-corrected chi connectivity index (χ3v) is 4.60. The second-order valence-corrected chi connectivity index (χ2v) is 6.11. The molecule has 0 saturated carbocycles. The molecule has 1 heterocycles. The summed E-state index contributed by atoms with van der Waals surface area (Å²) >= 11 is 19.2. The molecule has 0 unspecified atom stereocenters. The maximum absolute atomic E-state index is 12.1. The molecule has 0 aliphatic carbocycles. The topological polar surface area (TPSA) is 38.3 Å². The number of allylic oxidation sites excluding steroid dienone is 1. The minimum atomic E-state index is -0.262. The molecule has 0 bridgehead atoms. The summed E-state index contributed by atoms with van der Waals surface area (Å²) in [7, 11) is 0. The van der Waals surface area contributed by atoms with Crippen LogP contribution in [0.25, 0.3) is 0 Å². The van der Waals surface area contributed by atoms with Gasteiger partial charge in [0, 0.05) is 5.75 Å². The Kier molecular flexibility index (Phi) is 4.90. The summed E-state index contributed by atoms with van der Waals surface area (Å²) in [5.74, 6) is 1.10. The number of carbonyl (C=O) groups is 1. The van der Waals surface area contributed by atoms with Gasteiger partial charge in [0.1, 0.15) is 10.7 Å². The van der Waals surface area contributed by atoms with Gasteiger partial charge in [0.25, 0.3) is 5.91 Å². The number of nitrogens with one attached hydrogen (secondary N) is 1. The second-order valence-electron chi connectivity index (χ2n) is 3.78. The van der Waals surface area contributed by atoms with Gasteiger partial charge in [-0.1, -0.05) is 34.8 Å². The molecule has 0 atom stereocenters. The number of ether oxygens (including phenoxy) is 1. The van der Waals surface area contributed by atoms with Gasteiger partial charge in [-0.05, 0) is 19.1 Å². The molecule has 7 heteroatoms. The minimum Gasteiger partial charge on any atom is -0.496 e. The SMILES string of the molecule is CC1=C(C(=O)Nc2cc(Cl)c(Cl)cc2Cl)SCCO1. The lowest BCUT2D eigenvalue weighted by atomic mass is 10.3. The van der Waals surface area contributed by atoms with E-state index in [1.807, 2.05) is 0 Å². The lowest BCUT2D eigenvalue weighted by Gasteiger charge is -2.18. The third kappa shape index (κ3) is 3.51. The standard InChI is InChI=1S/C12H10Cl3NO2S/c1-6-11(19-3-2-18-6)12(17)16-10-5-8(14)7(13)4-9(10)15/h4-5H,2-3H2,1H3,(H,16,17). The Bertz CT molecular complexity index is 560. The molecule has 1 aliphatic rings. The van der Waals surface area contributed by atoms with Crippen molar-refractivity contribution in [1.29, 1.82) is 0 Å². The van der Waals surface area contributed by atoms with Gasteiger partial charge in [0.15, 0.2) is 0 Å². The van der Waals surface area contributed by atoms with Crippen LogP contribution >= 0.6 is 46.6 Å². The Hall–Kier alpha value is -0.550. The van der Waals surface area contributed by atoms with E-state index in [1.165, 1.54) is 23.9 Å². The van der Waals surface area contributed by atoms with Crippen molar-refractivity contribution in [3.05, 3.63) is 37.9 Å². The average Bonchev–Trinajstić information content (AvgIpc) is 2.36. The molecule has 0 aromatic heterocycles. The molecule has 0 radical (unpaired) electrons. The lowest BCUT2D eigenvalue weighted by Crippen LogP contribution is -2.18. The number of thioether (sulfide) groups is 1. The highest BCUT2D eigenvalue weighted by molar-refractivity contribution is 8.04. The molecule has 1 aromatic rings. The largest absolute Gasteiger partial charge is 0.496 e. The van der Waals surface area contributed by atoms with Crippen LogP contribution in [0.4, 0.5) is 5.69 Å². The smallest absolute Gasteiger partial charge is 0.265 e. The average molecular weight is 339 g/mol. The van der Waals surface area contributed by atoms with Gasteiger partial charge in [-0.2, -0.15) is 0 Å². The number of anilines is 1. The van der Waals surface area contributed by atoms with Crippen molar-refractivity contribution >= 4 is 58.2 Å². The van der Waals surface area contributed by atoms with E-state index in [0.29, 0.717) is 38.0 Å². The summed E-state index contributed by atoms with van der Waals surface area (Å²) in [4.78, 5) is 12.7. The minimum absolute atomic E-state index is 0.262. The molecular formula is C12H10Cl3NO2S. The fourth-order valence-electron chi connectivity index (χ4n) is 1.53. The van der Waals surface area contributed by atoms with Gasteiger partial charge in [0.05, 0.1) is 27.4 Å². The van der Waals surface area contributed by atoms with Crippen LogP contribution in [-0.4, -0.2) is 18.3 Å². The van der Waals surface area contributed by atoms with Crippen molar-refractivity contribution < 1.29 is 9.53 Å². The zero-order chi connectivity index (χ0) is 14.0. The first kappa shape index (κ1) is 14.9. The van der Waals surface area contributed by atoms with Gasteiger partial charge >= 0.3 is 0 Å². The van der Waals surface area contributed by atoms with Crippen LogP contribution in [0.15, 0.2) is 22.8 Å². The molecule has 0 fully saturated rings. The fraction of sp³-hybridized carbons (Fsp3) is 0.250. The number of halogens is 3. The van der Waals surface area contributed by atoms with Crippen LogP contribution in [0.3, 0.4) is 0 Å². The molecule has 1 aliphatic heterocycles. The Morgan fingerprint density at radius 3 is 2.63 bits per heavy atom. The first-order chi connectivity index (χ1) is 8.99. The zero-order valence-corrected chi connectivity index (χ0v) is 13.0. The molecule has 2 rings (SSSR count). The molecule has 19 heavy (non-hydrogen) atoms. The predicted octanol–water partition coefficient (Wildman–Crippen LogP) is 4.58. The van der Waals surface area contributed by atoms with E-state index in [2.05, 4.69) is 5.32 Å². The van der Waals surface area contributed by atoms with Crippen molar-refractivity contribution in [2.75, 3.05) is 17.7 Å². The number of amides is 1. The van der Waals surface area contributed by atoms with E-state index in [-0.39, 0.29) is 5.91 Å². The van der Waals surface area contributed by atoms with Crippen molar-refractivity contribution in [3.8, 4) is 0 Å². The molecule has 0 spiro atoms. The van der Waals surface area contributed by atoms with Gasteiger partial charge in [0.2, 0.25) is 0 Å². The first-order valence-electron chi connectivity index (χ1n) is 5.41. The van der Waals surface area contributed by atoms with E-state index < -0.39 is 0 Å². The number of hydrogen-bond donors (Lipinski definition) is 1. The highest BCUT2D eigenvalue weighted by atomic mass is 35.5. The summed E-state index contributed by atoms with van der Waals surface area (Å²) in [6.07, 6.45) is 0. The monoisotopic (exact) mass is 337 g/mol. The van der Waals surface area contributed by atoms with Crippen LogP contribution in [-0.2, 0) is 9.53 Å². The van der Waals surface area contributed by atoms with Gasteiger partial charge in [-0.3, -0.25) is 4.79 Å². The molecule has 1 amide bonds. The van der Waals surface area contributed by atoms with Crippen molar-refractivity contribution in [3.63, 3.8) is 0 Å². The van der Waals surface area contributed by atoms with Gasteiger partial charge < -0.3 is 10.1 Å². The fourth-order valence-corrected chi connectivity index (χ4v) is 2.94. The van der Waals surface area contributed by atoms with E-state index in [4.69, 9.17) is 39.5 Å². The molecule has 0 saturated heterocycles. The summed E-state index contributed by atoms with van der Waals surface area (Å²) in [5.41, 5.74) is 0.424. The van der Waals surface area contributed by atoms with E-state index >= 15 is 0 Å². The van der Waals surface area contributed by atoms with E-state index in [0.717, 1.165) is 5.75 Å². The number of rotatable bonds is 2. The number of hydrogen-bond acceptors (Lipinski definition) is 3. The maximum Gasteiger partial charge on any atom is 0.265 e. The Labute approximate surface area is 130 Å². The highest BCUT2D eigenvalue weighted by Gasteiger charge is 2.20. The van der Waals surface area contributed by atoms with Crippen LogP contribution in [0.2, 0.25) is 15.1 Å². The van der Waals surface area contributed by atoms with Crippen molar-refractivity contribution in [2.24, 2.45) is 0 Å². The van der Waals surface area contributed by atoms with Crippen LogP contribution < -0.4 is 5.32 Å². The third-order valence-electron chi connectivity index (χ3n) is 2.43. The van der Waals surface area contributed by atoms with Crippen LogP contribution in [0.5, 0.6) is 0 Å². The van der Waals surface area contributed by atoms with Crippen LogP contribution in [0, 0.1) is 0 Å². The Morgan fingerprint density at radius 2 is 1.95 bits per heavy atom. The summed E-state index contributed by atoms with van der Waals surface area (Å²) in [5, 5.41) is 3.72. The molecule has 102 valence electrons. The number of carbonyl (C=O) groups excluding carboxylic acids is 1.